The molecule has 8 nitrogen and oxygen atoms in total. The maximum atomic E-state index is 13.8. The Balaban J connectivity index is 1.44. The first-order valence-electron chi connectivity index (χ1n) is 9.75. The summed E-state index contributed by atoms with van der Waals surface area (Å²) in [5.74, 6) is -3.06. The second-order valence-corrected chi connectivity index (χ2v) is 7.59. The first-order chi connectivity index (χ1) is 14.7. The van der Waals surface area contributed by atoms with Crippen LogP contribution in [0.5, 0.6) is 5.88 Å². The van der Waals surface area contributed by atoms with Crippen molar-refractivity contribution in [1.82, 2.24) is 20.1 Å². The smallest absolute Gasteiger partial charge is 0.264 e. The van der Waals surface area contributed by atoms with Crippen molar-refractivity contribution in [2.24, 2.45) is 11.5 Å². The zero-order chi connectivity index (χ0) is 22.2. The number of alkyl halides is 2. The van der Waals surface area contributed by atoms with Gasteiger partial charge in [0.15, 0.2) is 5.88 Å². The molecule has 0 amide bonds. The second kappa shape index (κ2) is 8.14. The Bertz CT molecular complexity index is 1020. The van der Waals surface area contributed by atoms with Gasteiger partial charge >= 0.3 is 0 Å². The molecule has 2 aromatic heterocycles. The second-order valence-electron chi connectivity index (χ2n) is 7.59. The van der Waals surface area contributed by atoms with Gasteiger partial charge in [-0.15, -0.1) is 5.10 Å². The van der Waals surface area contributed by atoms with Gasteiger partial charge in [-0.1, -0.05) is 0 Å². The highest BCUT2D eigenvalue weighted by molar-refractivity contribution is 5.63. The molecule has 0 radical (unpaired) electrons. The Morgan fingerprint density at radius 2 is 2.06 bits per heavy atom. The van der Waals surface area contributed by atoms with E-state index in [4.69, 9.17) is 20.9 Å². The number of nitrogens with zero attached hydrogens (tertiary/aromatic N) is 3. The summed E-state index contributed by atoms with van der Waals surface area (Å²) in [6, 6.07) is 3.32. The number of halogens is 3. The van der Waals surface area contributed by atoms with Gasteiger partial charge in [0.25, 0.3) is 5.92 Å². The number of rotatable bonds is 6. The van der Waals surface area contributed by atoms with Crippen molar-refractivity contribution in [3.8, 4) is 11.6 Å². The molecule has 2 fully saturated rings. The van der Waals surface area contributed by atoms with Gasteiger partial charge in [0, 0.05) is 31.1 Å². The lowest BCUT2D eigenvalue weighted by molar-refractivity contribution is -0.0248. The van der Waals surface area contributed by atoms with Crippen LogP contribution in [-0.2, 0) is 4.74 Å². The van der Waals surface area contributed by atoms with Gasteiger partial charge in [0.2, 0.25) is 11.8 Å². The Kier molecular flexibility index (Phi) is 5.52. The molecule has 3 unspecified atom stereocenters. The SMILES string of the molecule is COc1nc(/C(N)=C/C=C(\N)OC2CC3CC(F)(F)C(C2)N3)ccc1-n1ccc(F)n1. The highest BCUT2D eigenvalue weighted by Gasteiger charge is 2.53. The molecule has 2 aliphatic heterocycles. The van der Waals surface area contributed by atoms with Crippen LogP contribution in [0.1, 0.15) is 25.0 Å². The average molecular weight is 436 g/mol. The molecule has 2 saturated heterocycles. The van der Waals surface area contributed by atoms with E-state index in [0.717, 1.165) is 0 Å². The molecule has 2 aromatic rings. The monoisotopic (exact) mass is 436 g/mol. The summed E-state index contributed by atoms with van der Waals surface area (Å²) in [7, 11) is 1.43. The summed E-state index contributed by atoms with van der Waals surface area (Å²) < 4.78 is 53.0. The van der Waals surface area contributed by atoms with Crippen LogP contribution in [0.3, 0.4) is 0 Å². The molecular weight excluding hydrogens is 413 g/mol. The van der Waals surface area contributed by atoms with Gasteiger partial charge in [-0.25, -0.2) is 18.4 Å². The molecule has 0 saturated carbocycles. The Hall–Kier alpha value is -3.21. The molecular formula is C20H23F3N6O2. The van der Waals surface area contributed by atoms with Gasteiger partial charge in [-0.3, -0.25) is 0 Å². The Labute approximate surface area is 176 Å². The highest BCUT2D eigenvalue weighted by Crippen LogP contribution is 2.40. The van der Waals surface area contributed by atoms with Crippen LogP contribution in [-0.4, -0.2) is 46.0 Å². The summed E-state index contributed by atoms with van der Waals surface area (Å²) in [6.07, 6.45) is 4.50. The Morgan fingerprint density at radius 1 is 1.26 bits per heavy atom. The van der Waals surface area contributed by atoms with Crippen LogP contribution in [0.15, 0.2) is 42.4 Å². The summed E-state index contributed by atoms with van der Waals surface area (Å²) in [5, 5.41) is 6.61. The molecule has 166 valence electrons. The third kappa shape index (κ3) is 4.46. The van der Waals surface area contributed by atoms with Gasteiger partial charge in [-0.2, -0.15) is 4.39 Å². The van der Waals surface area contributed by atoms with Crippen LogP contribution in [0.2, 0.25) is 0 Å². The van der Waals surface area contributed by atoms with Gasteiger partial charge in [0.05, 0.1) is 24.5 Å². The normalized spacial score (nSPS) is 25.5. The summed E-state index contributed by atoms with van der Waals surface area (Å²) in [4.78, 5) is 4.31. The molecule has 4 rings (SSSR count). The molecule has 11 heteroatoms. The number of pyridine rings is 1. The third-order valence-electron chi connectivity index (χ3n) is 5.37. The zero-order valence-corrected chi connectivity index (χ0v) is 16.8. The average Bonchev–Trinajstić information content (AvgIpc) is 3.25. The first-order valence-corrected chi connectivity index (χ1v) is 9.75. The molecule has 0 spiro atoms. The molecule has 0 aliphatic carbocycles. The van der Waals surface area contributed by atoms with E-state index in [0.29, 0.717) is 17.8 Å². The number of hydrogen-bond acceptors (Lipinski definition) is 7. The van der Waals surface area contributed by atoms with Crippen LogP contribution in [0.4, 0.5) is 13.2 Å². The lowest BCUT2D eigenvalue weighted by Gasteiger charge is -2.29. The van der Waals surface area contributed by atoms with E-state index in [-0.39, 0.29) is 42.4 Å². The van der Waals surface area contributed by atoms with Crippen molar-refractivity contribution >= 4 is 5.70 Å². The molecule has 0 aromatic carbocycles. The van der Waals surface area contributed by atoms with E-state index in [1.807, 2.05) is 0 Å². The van der Waals surface area contributed by atoms with Gasteiger partial charge in [-0.05, 0) is 30.7 Å². The fraction of sp³-hybridized carbons (Fsp3) is 0.400. The third-order valence-corrected chi connectivity index (χ3v) is 5.37. The van der Waals surface area contributed by atoms with Crippen LogP contribution in [0, 0.1) is 5.95 Å². The largest absolute Gasteiger partial charge is 0.479 e. The van der Waals surface area contributed by atoms with Crippen LogP contribution < -0.4 is 21.5 Å². The number of aromatic nitrogens is 3. The predicted molar refractivity (Wildman–Crippen MR) is 107 cm³/mol. The number of methoxy groups -OCH3 is 1. The number of allylic oxidation sites excluding steroid dienone is 2. The van der Waals surface area contributed by atoms with E-state index in [1.54, 1.807) is 12.1 Å². The minimum atomic E-state index is -2.72. The maximum Gasteiger partial charge on any atom is 0.264 e. The molecule has 2 bridgehead atoms. The summed E-state index contributed by atoms with van der Waals surface area (Å²) >= 11 is 0. The molecule has 31 heavy (non-hydrogen) atoms. The van der Waals surface area contributed by atoms with Crippen molar-refractivity contribution in [3.63, 3.8) is 0 Å². The number of nitrogens with two attached hydrogens (primary N) is 2. The molecule has 3 atom stereocenters. The van der Waals surface area contributed by atoms with Gasteiger partial charge < -0.3 is 26.3 Å². The van der Waals surface area contributed by atoms with E-state index in [9.17, 15) is 13.2 Å². The Morgan fingerprint density at radius 3 is 2.74 bits per heavy atom. The summed E-state index contributed by atoms with van der Waals surface area (Å²) in [5.41, 5.74) is 13.1. The first kappa shape index (κ1) is 21.0. The van der Waals surface area contributed by atoms with E-state index in [2.05, 4.69) is 15.4 Å². The standard InChI is InChI=1S/C20H23F3N6O2/c1-30-19-15(29-7-6-17(21)28-29)4-3-14(27-19)13(24)2-5-18(25)31-12-8-11-10-20(22,23)16(9-12)26-11/h2-7,11-12,16,26H,8-10,24-25H2,1H3/b13-2-,18-5+. The fourth-order valence-electron chi connectivity index (χ4n) is 3.94. The zero-order valence-electron chi connectivity index (χ0n) is 16.8. The molecule has 5 N–H and O–H groups in total. The minimum Gasteiger partial charge on any atom is -0.479 e. The minimum absolute atomic E-state index is 0.0770. The van der Waals surface area contributed by atoms with Crippen molar-refractivity contribution < 1.29 is 22.6 Å². The number of ether oxygens (including phenoxy) is 2. The van der Waals surface area contributed by atoms with Crippen LogP contribution in [0.25, 0.3) is 11.4 Å². The predicted octanol–water partition coefficient (Wildman–Crippen LogP) is 2.06. The molecule has 2 aliphatic rings. The van der Waals surface area contributed by atoms with Crippen molar-refractivity contribution in [1.29, 1.82) is 0 Å². The lowest BCUT2D eigenvalue weighted by atomic mass is 10.0. The van der Waals surface area contributed by atoms with E-state index >= 15 is 0 Å². The van der Waals surface area contributed by atoms with Crippen molar-refractivity contribution in [2.45, 2.75) is 43.4 Å². The number of piperidine rings is 1. The van der Waals surface area contributed by atoms with Crippen molar-refractivity contribution in [2.75, 3.05) is 7.11 Å². The highest BCUT2D eigenvalue weighted by atomic mass is 19.3. The topological polar surface area (TPSA) is 113 Å². The number of fused-ring (bicyclic) bond motifs is 2. The summed E-state index contributed by atoms with van der Waals surface area (Å²) in [6.45, 7) is 0. The molecule has 4 heterocycles. The fourth-order valence-corrected chi connectivity index (χ4v) is 3.94. The van der Waals surface area contributed by atoms with Crippen LogP contribution >= 0.6 is 0 Å². The lowest BCUT2D eigenvalue weighted by Crippen LogP contribution is -2.45. The van der Waals surface area contributed by atoms with Gasteiger partial charge in [0.1, 0.15) is 11.8 Å². The van der Waals surface area contributed by atoms with Crippen molar-refractivity contribution in [3.05, 3.63) is 54.1 Å². The quantitative estimate of drug-likeness (QED) is 0.469. The maximum absolute atomic E-state index is 13.8. The number of nitrogens with one attached hydrogen (secondary N) is 1. The van der Waals surface area contributed by atoms with E-state index < -0.39 is 17.9 Å². The van der Waals surface area contributed by atoms with E-state index in [1.165, 1.54) is 36.2 Å². The number of hydrogen-bond donors (Lipinski definition) is 3.